The lowest BCUT2D eigenvalue weighted by Crippen LogP contribution is -2.12. The molecular weight excluding hydrogens is 275 g/mol. The summed E-state index contributed by atoms with van der Waals surface area (Å²) in [5.41, 5.74) is 0.410. The van der Waals surface area contributed by atoms with Crippen LogP contribution in [0.25, 0.3) is 0 Å². The van der Waals surface area contributed by atoms with Crippen molar-refractivity contribution in [3.63, 3.8) is 0 Å². The largest absolute Gasteiger partial charge is 0.493 e. The average molecular weight is 296 g/mol. The Labute approximate surface area is 123 Å². The Balaban J connectivity index is 2.36. The zero-order valence-corrected chi connectivity index (χ0v) is 12.6. The Morgan fingerprint density at radius 3 is 2.52 bits per heavy atom. The predicted molar refractivity (Wildman–Crippen MR) is 76.4 cm³/mol. The summed E-state index contributed by atoms with van der Waals surface area (Å²) in [5.74, 6) is -0.603. The van der Waals surface area contributed by atoms with Crippen LogP contribution in [0.3, 0.4) is 0 Å². The first-order valence-corrected chi connectivity index (χ1v) is 7.18. The molecule has 1 aromatic rings. The van der Waals surface area contributed by atoms with Gasteiger partial charge in [-0.05, 0) is 44.2 Å². The maximum Gasteiger partial charge on any atom is 0.303 e. The van der Waals surface area contributed by atoms with Crippen molar-refractivity contribution in [2.45, 2.75) is 45.1 Å². The van der Waals surface area contributed by atoms with E-state index in [1.807, 2.05) is 13.8 Å². The fourth-order valence-electron chi connectivity index (χ4n) is 2.56. The van der Waals surface area contributed by atoms with E-state index in [4.69, 9.17) is 14.6 Å². The molecule has 1 atom stereocenters. The standard InChI is InChI=1S/C16H21FO4/c1-9(2)21-15-8-13(17)12(6-14(15)20-3)11(7-16(18)19)10-4-5-10/h6,8-11H,4-5,7H2,1-3H3,(H,18,19). The Kier molecular flexibility index (Phi) is 4.70. The third-order valence-corrected chi connectivity index (χ3v) is 3.63. The Morgan fingerprint density at radius 1 is 1.38 bits per heavy atom. The van der Waals surface area contributed by atoms with E-state index in [9.17, 15) is 9.18 Å². The van der Waals surface area contributed by atoms with Crippen molar-refractivity contribution in [1.82, 2.24) is 0 Å². The number of carbonyl (C=O) groups is 1. The normalized spacial score (nSPS) is 15.9. The van der Waals surface area contributed by atoms with Gasteiger partial charge in [-0.25, -0.2) is 4.39 Å². The molecule has 1 aliphatic carbocycles. The van der Waals surface area contributed by atoms with Crippen LogP contribution in [0.15, 0.2) is 12.1 Å². The van der Waals surface area contributed by atoms with E-state index in [0.29, 0.717) is 17.1 Å². The molecule has 1 saturated carbocycles. The molecule has 1 N–H and O–H groups in total. The van der Waals surface area contributed by atoms with Crippen molar-refractivity contribution in [3.05, 3.63) is 23.5 Å². The van der Waals surface area contributed by atoms with Gasteiger partial charge in [0.25, 0.3) is 0 Å². The van der Waals surface area contributed by atoms with Gasteiger partial charge in [0.1, 0.15) is 5.82 Å². The van der Waals surface area contributed by atoms with Gasteiger partial charge < -0.3 is 14.6 Å². The minimum absolute atomic E-state index is 0.0604. The number of hydrogen-bond acceptors (Lipinski definition) is 3. The Hall–Kier alpha value is -1.78. The summed E-state index contributed by atoms with van der Waals surface area (Å²) in [7, 11) is 1.49. The van der Waals surface area contributed by atoms with E-state index < -0.39 is 11.8 Å². The molecule has 0 bridgehead atoms. The molecule has 1 aliphatic rings. The Bertz CT molecular complexity index is 523. The fourth-order valence-corrected chi connectivity index (χ4v) is 2.56. The molecule has 0 saturated heterocycles. The number of halogens is 1. The maximum atomic E-state index is 14.4. The van der Waals surface area contributed by atoms with Crippen LogP contribution in [-0.4, -0.2) is 24.3 Å². The van der Waals surface area contributed by atoms with Gasteiger partial charge in [-0.3, -0.25) is 4.79 Å². The van der Waals surface area contributed by atoms with E-state index >= 15 is 0 Å². The number of carboxylic acids is 1. The lowest BCUT2D eigenvalue weighted by atomic mass is 9.90. The zero-order chi connectivity index (χ0) is 15.6. The number of hydrogen-bond donors (Lipinski definition) is 1. The van der Waals surface area contributed by atoms with Gasteiger partial charge in [0.05, 0.1) is 19.6 Å². The molecule has 1 unspecified atom stereocenters. The summed E-state index contributed by atoms with van der Waals surface area (Å²) >= 11 is 0. The third-order valence-electron chi connectivity index (χ3n) is 3.63. The van der Waals surface area contributed by atoms with Crippen LogP contribution in [0.4, 0.5) is 4.39 Å². The van der Waals surface area contributed by atoms with E-state index in [-0.39, 0.29) is 24.4 Å². The highest BCUT2D eigenvalue weighted by Gasteiger charge is 2.36. The number of aliphatic carboxylic acids is 1. The minimum Gasteiger partial charge on any atom is -0.493 e. The number of carboxylic acid groups (broad SMARTS) is 1. The van der Waals surface area contributed by atoms with Crippen molar-refractivity contribution >= 4 is 5.97 Å². The highest BCUT2D eigenvalue weighted by atomic mass is 19.1. The van der Waals surface area contributed by atoms with Crippen molar-refractivity contribution in [2.75, 3.05) is 7.11 Å². The van der Waals surface area contributed by atoms with Gasteiger partial charge in [0, 0.05) is 12.0 Å². The van der Waals surface area contributed by atoms with Gasteiger partial charge in [-0.1, -0.05) is 0 Å². The molecule has 0 radical (unpaired) electrons. The molecule has 0 aliphatic heterocycles. The van der Waals surface area contributed by atoms with Crippen molar-refractivity contribution < 1.29 is 23.8 Å². The summed E-state index contributed by atoms with van der Waals surface area (Å²) in [6.45, 7) is 3.70. The molecule has 4 nitrogen and oxygen atoms in total. The molecule has 2 rings (SSSR count). The summed E-state index contributed by atoms with van der Waals surface area (Å²) in [5, 5.41) is 9.03. The van der Waals surface area contributed by atoms with Crippen LogP contribution in [0, 0.1) is 11.7 Å². The SMILES string of the molecule is COc1cc(C(CC(=O)O)C2CC2)c(F)cc1OC(C)C. The molecule has 5 heteroatoms. The lowest BCUT2D eigenvalue weighted by Gasteiger charge is -2.19. The van der Waals surface area contributed by atoms with Gasteiger partial charge in [-0.15, -0.1) is 0 Å². The second kappa shape index (κ2) is 6.33. The molecule has 0 spiro atoms. The van der Waals surface area contributed by atoms with Crippen LogP contribution in [-0.2, 0) is 4.79 Å². The summed E-state index contributed by atoms with van der Waals surface area (Å²) in [6.07, 6.45) is 1.74. The zero-order valence-electron chi connectivity index (χ0n) is 12.6. The number of ether oxygens (including phenoxy) is 2. The molecule has 0 heterocycles. The van der Waals surface area contributed by atoms with Crippen molar-refractivity contribution in [1.29, 1.82) is 0 Å². The first-order chi connectivity index (χ1) is 9.92. The maximum absolute atomic E-state index is 14.4. The predicted octanol–water partition coefficient (Wildman–Crippen LogP) is 3.59. The van der Waals surface area contributed by atoms with Crippen molar-refractivity contribution in [2.24, 2.45) is 5.92 Å². The fraction of sp³-hybridized carbons (Fsp3) is 0.562. The third kappa shape index (κ3) is 3.86. The van der Waals surface area contributed by atoms with Gasteiger partial charge in [0.15, 0.2) is 11.5 Å². The second-order valence-electron chi connectivity index (χ2n) is 5.73. The molecule has 21 heavy (non-hydrogen) atoms. The monoisotopic (exact) mass is 296 g/mol. The quantitative estimate of drug-likeness (QED) is 0.835. The van der Waals surface area contributed by atoms with Crippen LogP contribution in [0.1, 0.15) is 44.6 Å². The van der Waals surface area contributed by atoms with E-state index in [0.717, 1.165) is 12.8 Å². The molecular formula is C16H21FO4. The first-order valence-electron chi connectivity index (χ1n) is 7.18. The molecule has 116 valence electrons. The number of methoxy groups -OCH3 is 1. The number of rotatable bonds is 7. The summed E-state index contributed by atoms with van der Waals surface area (Å²) < 4.78 is 25.2. The first kappa shape index (κ1) is 15.6. The molecule has 1 fully saturated rings. The highest BCUT2D eigenvalue weighted by Crippen LogP contribution is 2.47. The van der Waals surface area contributed by atoms with Gasteiger partial charge >= 0.3 is 5.97 Å². The minimum atomic E-state index is -0.909. The van der Waals surface area contributed by atoms with Gasteiger partial charge in [-0.2, -0.15) is 0 Å². The van der Waals surface area contributed by atoms with Crippen LogP contribution < -0.4 is 9.47 Å². The van der Waals surface area contributed by atoms with E-state index in [2.05, 4.69) is 0 Å². The second-order valence-corrected chi connectivity index (χ2v) is 5.73. The summed E-state index contributed by atoms with van der Waals surface area (Å²) in [6, 6.07) is 2.88. The van der Waals surface area contributed by atoms with E-state index in [1.165, 1.54) is 13.2 Å². The smallest absolute Gasteiger partial charge is 0.303 e. The summed E-state index contributed by atoms with van der Waals surface area (Å²) in [4.78, 5) is 11.0. The van der Waals surface area contributed by atoms with Crippen LogP contribution in [0.5, 0.6) is 11.5 Å². The Morgan fingerprint density at radius 2 is 2.05 bits per heavy atom. The molecule has 0 aromatic heterocycles. The molecule has 0 amide bonds. The number of benzene rings is 1. The molecule has 1 aromatic carbocycles. The topological polar surface area (TPSA) is 55.8 Å². The van der Waals surface area contributed by atoms with Gasteiger partial charge in [0.2, 0.25) is 0 Å². The average Bonchev–Trinajstić information content (AvgIpc) is 3.20. The van der Waals surface area contributed by atoms with Crippen molar-refractivity contribution in [3.8, 4) is 11.5 Å². The lowest BCUT2D eigenvalue weighted by molar-refractivity contribution is -0.137. The van der Waals surface area contributed by atoms with Crippen LogP contribution >= 0.6 is 0 Å². The highest BCUT2D eigenvalue weighted by molar-refractivity contribution is 5.68. The van der Waals surface area contributed by atoms with E-state index in [1.54, 1.807) is 6.07 Å². The van der Waals surface area contributed by atoms with Crippen LogP contribution in [0.2, 0.25) is 0 Å².